The summed E-state index contributed by atoms with van der Waals surface area (Å²) in [7, 11) is 0. The Morgan fingerprint density at radius 2 is 2.05 bits per heavy atom. The van der Waals surface area contributed by atoms with Crippen LogP contribution >= 0.6 is 0 Å². The summed E-state index contributed by atoms with van der Waals surface area (Å²) in [5.41, 5.74) is 1.80. The van der Waals surface area contributed by atoms with Crippen molar-refractivity contribution in [3.63, 3.8) is 0 Å². The Labute approximate surface area is 128 Å². The molecule has 2 aliphatic carbocycles. The predicted octanol–water partition coefficient (Wildman–Crippen LogP) is 3.59. The lowest BCUT2D eigenvalue weighted by atomic mass is 9.58. The Kier molecular flexibility index (Phi) is 3.29. The zero-order valence-corrected chi connectivity index (χ0v) is 14.2. The second-order valence-electron chi connectivity index (χ2n) is 8.06. The van der Waals surface area contributed by atoms with Crippen LogP contribution in [-0.4, -0.2) is 20.5 Å². The van der Waals surface area contributed by atoms with Gasteiger partial charge >= 0.3 is 0 Å². The van der Waals surface area contributed by atoms with E-state index in [1.807, 2.05) is 0 Å². The van der Waals surface area contributed by atoms with Crippen LogP contribution in [0.2, 0.25) is 0 Å². The molecule has 1 heterocycles. The van der Waals surface area contributed by atoms with Crippen molar-refractivity contribution in [3.05, 3.63) is 17.5 Å². The van der Waals surface area contributed by atoms with Gasteiger partial charge in [0.1, 0.15) is 0 Å². The van der Waals surface area contributed by atoms with Crippen LogP contribution in [-0.2, 0) is 19.4 Å². The van der Waals surface area contributed by atoms with Gasteiger partial charge < -0.3 is 5.11 Å². The lowest BCUT2D eigenvalue weighted by molar-refractivity contribution is -0.142. The number of aryl methyl sites for hydroxylation is 2. The fraction of sp³-hybridized carbons (Fsp3) is 0.833. The molecule has 2 saturated carbocycles. The Morgan fingerprint density at radius 1 is 1.33 bits per heavy atom. The van der Waals surface area contributed by atoms with Gasteiger partial charge in [0.2, 0.25) is 0 Å². The molecular weight excluding hydrogens is 260 g/mol. The largest absolute Gasteiger partial charge is 0.388 e. The van der Waals surface area contributed by atoms with Crippen LogP contribution in [0.5, 0.6) is 0 Å². The number of nitrogens with zero attached hydrogens (tertiary/aromatic N) is 2. The maximum absolute atomic E-state index is 11.7. The van der Waals surface area contributed by atoms with Crippen molar-refractivity contribution in [1.82, 2.24) is 9.78 Å². The third kappa shape index (κ3) is 1.86. The first kappa shape index (κ1) is 15.1. The van der Waals surface area contributed by atoms with Crippen LogP contribution < -0.4 is 0 Å². The average Bonchev–Trinajstić information content (AvgIpc) is 3.05. The summed E-state index contributed by atoms with van der Waals surface area (Å²) in [6, 6.07) is 2.20. The van der Waals surface area contributed by atoms with E-state index in [9.17, 15) is 5.11 Å². The van der Waals surface area contributed by atoms with E-state index in [0.717, 1.165) is 25.1 Å². The summed E-state index contributed by atoms with van der Waals surface area (Å²) in [5.74, 6) is 0.663. The highest BCUT2D eigenvalue weighted by atomic mass is 16.3. The average molecular weight is 290 g/mol. The number of aromatic nitrogens is 2. The van der Waals surface area contributed by atoms with Gasteiger partial charge in [0.25, 0.3) is 0 Å². The molecule has 1 N–H and O–H groups in total. The lowest BCUT2D eigenvalue weighted by Crippen LogP contribution is -2.55. The van der Waals surface area contributed by atoms with Gasteiger partial charge in [-0.25, -0.2) is 0 Å². The van der Waals surface area contributed by atoms with Gasteiger partial charge in [-0.15, -0.1) is 0 Å². The fourth-order valence-corrected chi connectivity index (χ4v) is 5.16. The van der Waals surface area contributed by atoms with Gasteiger partial charge in [-0.1, -0.05) is 27.7 Å². The van der Waals surface area contributed by atoms with E-state index in [2.05, 4.69) is 50.5 Å². The molecular formula is C18H30N2O. The molecule has 0 saturated heterocycles. The molecule has 3 unspecified atom stereocenters. The maximum Gasteiger partial charge on any atom is 0.0809 e. The molecule has 21 heavy (non-hydrogen) atoms. The third-order valence-electron chi connectivity index (χ3n) is 6.84. The monoisotopic (exact) mass is 290 g/mol. The lowest BCUT2D eigenvalue weighted by Gasteiger charge is -2.50. The van der Waals surface area contributed by atoms with Gasteiger partial charge in [-0.2, -0.15) is 5.10 Å². The van der Waals surface area contributed by atoms with Crippen molar-refractivity contribution in [2.75, 3.05) is 0 Å². The first-order chi connectivity index (χ1) is 9.77. The van der Waals surface area contributed by atoms with E-state index in [0.29, 0.717) is 5.92 Å². The molecule has 3 rings (SSSR count). The number of aliphatic hydroxyl groups is 1. The van der Waals surface area contributed by atoms with Gasteiger partial charge in [-0.05, 0) is 55.4 Å². The quantitative estimate of drug-likeness (QED) is 0.920. The van der Waals surface area contributed by atoms with E-state index >= 15 is 0 Å². The summed E-state index contributed by atoms with van der Waals surface area (Å²) in [5, 5.41) is 16.3. The molecule has 3 heteroatoms. The summed E-state index contributed by atoms with van der Waals surface area (Å²) < 4.78 is 2.09. The summed E-state index contributed by atoms with van der Waals surface area (Å²) >= 11 is 0. The molecule has 118 valence electrons. The van der Waals surface area contributed by atoms with E-state index in [4.69, 9.17) is 0 Å². The minimum Gasteiger partial charge on any atom is -0.388 e. The molecule has 0 aliphatic heterocycles. The number of hydrogen-bond acceptors (Lipinski definition) is 2. The number of fused-ring (bicyclic) bond motifs is 2. The third-order valence-corrected chi connectivity index (χ3v) is 6.84. The predicted molar refractivity (Wildman–Crippen MR) is 85.2 cm³/mol. The van der Waals surface area contributed by atoms with E-state index in [-0.39, 0.29) is 10.8 Å². The number of hydrogen-bond donors (Lipinski definition) is 1. The van der Waals surface area contributed by atoms with E-state index in [1.165, 1.54) is 25.0 Å². The van der Waals surface area contributed by atoms with Crippen LogP contribution in [0.4, 0.5) is 0 Å². The second kappa shape index (κ2) is 4.58. The SMILES string of the molecule is CCc1cc(CC2(O)C3(C)CCC(C3)C2(C)C)n(CC)n1. The topological polar surface area (TPSA) is 38.0 Å². The van der Waals surface area contributed by atoms with Crippen LogP contribution in [0.1, 0.15) is 65.3 Å². The minimum absolute atomic E-state index is 0.00474. The summed E-state index contributed by atoms with van der Waals surface area (Å²) in [6.07, 6.45) is 5.32. The molecule has 0 spiro atoms. The highest BCUT2D eigenvalue weighted by Gasteiger charge is 2.68. The molecule has 3 nitrogen and oxygen atoms in total. The standard InChI is InChI=1S/C18H30N2O/c1-6-14-10-15(20(7-2)19-14)12-18(21)16(3,4)13-8-9-17(18,5)11-13/h10,13,21H,6-9,11-12H2,1-5H3. The van der Waals surface area contributed by atoms with Crippen molar-refractivity contribution in [2.24, 2.45) is 16.7 Å². The van der Waals surface area contributed by atoms with Gasteiger partial charge in [-0.3, -0.25) is 4.68 Å². The normalized spacial score (nSPS) is 37.3. The Hall–Kier alpha value is -0.830. The molecule has 2 fully saturated rings. The van der Waals surface area contributed by atoms with Gasteiger partial charge in [0.05, 0.1) is 11.3 Å². The van der Waals surface area contributed by atoms with Crippen molar-refractivity contribution < 1.29 is 5.11 Å². The summed E-state index contributed by atoms with van der Waals surface area (Å²) in [6.45, 7) is 12.0. The fourth-order valence-electron chi connectivity index (χ4n) is 5.16. The molecule has 2 aliphatic rings. The van der Waals surface area contributed by atoms with Gasteiger partial charge in [0.15, 0.2) is 0 Å². The van der Waals surface area contributed by atoms with Crippen LogP contribution in [0.3, 0.4) is 0 Å². The van der Waals surface area contributed by atoms with Crippen molar-refractivity contribution in [1.29, 1.82) is 0 Å². The first-order valence-corrected chi connectivity index (χ1v) is 8.55. The molecule has 1 aromatic rings. The molecule has 0 amide bonds. The maximum atomic E-state index is 11.7. The van der Waals surface area contributed by atoms with Crippen molar-refractivity contribution >= 4 is 0 Å². The highest BCUT2D eigenvalue weighted by molar-refractivity contribution is 5.23. The first-order valence-electron chi connectivity index (χ1n) is 8.55. The van der Waals surface area contributed by atoms with Crippen LogP contribution in [0, 0.1) is 16.7 Å². The molecule has 0 radical (unpaired) electrons. The van der Waals surface area contributed by atoms with Gasteiger partial charge in [0, 0.05) is 18.7 Å². The zero-order chi connectivity index (χ0) is 15.5. The smallest absolute Gasteiger partial charge is 0.0809 e. The van der Waals surface area contributed by atoms with E-state index in [1.54, 1.807) is 0 Å². The minimum atomic E-state index is -0.610. The Morgan fingerprint density at radius 3 is 2.57 bits per heavy atom. The van der Waals surface area contributed by atoms with Crippen LogP contribution in [0.25, 0.3) is 0 Å². The second-order valence-corrected chi connectivity index (χ2v) is 8.06. The van der Waals surface area contributed by atoms with Crippen LogP contribution in [0.15, 0.2) is 6.07 Å². The highest BCUT2D eigenvalue weighted by Crippen LogP contribution is 2.68. The summed E-state index contributed by atoms with van der Waals surface area (Å²) in [4.78, 5) is 0. The Balaban J connectivity index is 1.98. The molecule has 3 atom stereocenters. The number of rotatable bonds is 4. The Bertz CT molecular complexity index is 541. The van der Waals surface area contributed by atoms with Crippen molar-refractivity contribution in [3.8, 4) is 0 Å². The molecule has 1 aromatic heterocycles. The van der Waals surface area contributed by atoms with E-state index < -0.39 is 5.60 Å². The van der Waals surface area contributed by atoms with Crippen molar-refractivity contribution in [2.45, 2.75) is 78.9 Å². The molecule has 2 bridgehead atoms. The zero-order valence-electron chi connectivity index (χ0n) is 14.2. The molecule has 0 aromatic carbocycles.